The lowest BCUT2D eigenvalue weighted by Gasteiger charge is -1.79. The number of hydrogen-bond acceptors (Lipinski definition) is 2. The predicted molar refractivity (Wildman–Crippen MR) is 74.3 cm³/mol. The monoisotopic (exact) mass is 222 g/mol. The Kier molecular flexibility index (Phi) is 48.0. The molecule has 0 heterocycles. The Morgan fingerprint density at radius 2 is 0.929 bits per heavy atom. The van der Waals surface area contributed by atoms with Crippen LogP contribution in [-0.2, 0) is 4.79 Å². The molecule has 0 aliphatic carbocycles. The first-order valence-corrected chi connectivity index (χ1v) is 4.55. The third-order valence-corrected chi connectivity index (χ3v) is 0. The summed E-state index contributed by atoms with van der Waals surface area (Å²) < 4.78 is 0. The van der Waals surface area contributed by atoms with Crippen LogP contribution in [0.4, 0.5) is 0 Å². The van der Waals surface area contributed by atoms with E-state index in [9.17, 15) is 4.79 Å². The Morgan fingerprint density at radius 3 is 0.929 bits per heavy atom. The summed E-state index contributed by atoms with van der Waals surface area (Å²) in [7, 11) is 0. The van der Waals surface area contributed by atoms with Gasteiger partial charge < -0.3 is 4.79 Å². The predicted octanol–water partition coefficient (Wildman–Crippen LogP) is 4.93. The van der Waals surface area contributed by atoms with Crippen LogP contribution in [0, 0.1) is 5.92 Å². The van der Waals surface area contributed by atoms with E-state index >= 15 is 0 Å². The van der Waals surface area contributed by atoms with Gasteiger partial charge in [-0.1, -0.05) is 47.8 Å². The largest absolute Gasteiger partial charge is 0.300 e. The van der Waals surface area contributed by atoms with Crippen molar-refractivity contribution in [3.8, 4) is 0 Å². The van der Waals surface area contributed by atoms with Gasteiger partial charge in [-0.25, -0.2) is 0 Å². The van der Waals surface area contributed by atoms with Gasteiger partial charge in [0.25, 0.3) is 0 Å². The number of Topliss-reactive ketones (excluding diaryl/α,β-unsaturated/α-hetero) is 1. The summed E-state index contributed by atoms with van der Waals surface area (Å²) in [5.41, 5.74) is 0. The van der Waals surface area contributed by atoms with Crippen molar-refractivity contribution in [2.75, 3.05) is 0 Å². The number of hydrogen-bond donors (Lipinski definition) is 0. The standard InChI is InChI=1S/C4H10.C3H6O.C3H6S.2CH4/c1-4(2)3;2*1-3(2)4;;/h4H,1-3H3;2*1-2H3;2*1H4. The molecule has 0 rings (SSSR count). The highest BCUT2D eigenvalue weighted by Crippen LogP contribution is 1.81. The molecule has 0 aromatic carbocycles. The quantitative estimate of drug-likeness (QED) is 0.541. The zero-order valence-corrected chi connectivity index (χ0v) is 10.2. The molecule has 0 fully saturated rings. The Morgan fingerprint density at radius 1 is 0.929 bits per heavy atom. The van der Waals surface area contributed by atoms with Gasteiger partial charge in [0.1, 0.15) is 5.78 Å². The van der Waals surface area contributed by atoms with Crippen molar-refractivity contribution in [3.05, 3.63) is 0 Å². The van der Waals surface area contributed by atoms with Gasteiger partial charge in [-0.05, 0) is 38.5 Å². The average Bonchev–Trinajstić information content (AvgIpc) is 1.54. The van der Waals surface area contributed by atoms with Crippen LogP contribution in [0.25, 0.3) is 0 Å². The van der Waals surface area contributed by atoms with Gasteiger partial charge >= 0.3 is 0 Å². The molecule has 1 nitrogen and oxygen atoms in total. The molecule has 0 amide bonds. The fraction of sp³-hybridized carbons (Fsp3) is 0.833. The fourth-order valence-electron chi connectivity index (χ4n) is 0. The lowest BCUT2D eigenvalue weighted by Crippen LogP contribution is -1.69. The van der Waals surface area contributed by atoms with Gasteiger partial charge in [0.2, 0.25) is 0 Å². The van der Waals surface area contributed by atoms with Crippen LogP contribution in [-0.4, -0.2) is 10.6 Å². The normalized spacial score (nSPS) is 6.29. The minimum absolute atomic E-state index is 0. The van der Waals surface area contributed by atoms with Crippen molar-refractivity contribution >= 4 is 22.9 Å². The molecule has 0 saturated heterocycles. The maximum Gasteiger partial charge on any atom is 0.126 e. The van der Waals surface area contributed by atoms with E-state index in [1.165, 1.54) is 13.8 Å². The van der Waals surface area contributed by atoms with Crippen LogP contribution in [0.5, 0.6) is 0 Å². The van der Waals surface area contributed by atoms with Gasteiger partial charge in [0, 0.05) is 0 Å². The summed E-state index contributed by atoms with van der Waals surface area (Å²) in [6, 6.07) is 0. The second-order valence-electron chi connectivity index (χ2n) is 3.55. The molecule has 0 unspecified atom stereocenters. The average molecular weight is 222 g/mol. The minimum atomic E-state index is 0. The van der Waals surface area contributed by atoms with Crippen LogP contribution in [0.1, 0.15) is 63.3 Å². The number of ketones is 1. The molecule has 0 N–H and O–H groups in total. The van der Waals surface area contributed by atoms with Crippen molar-refractivity contribution in [3.63, 3.8) is 0 Å². The number of carbonyl (C=O) groups excluding carboxylic acids is 1. The van der Waals surface area contributed by atoms with E-state index < -0.39 is 0 Å². The van der Waals surface area contributed by atoms with Crippen molar-refractivity contribution in [1.29, 1.82) is 0 Å². The van der Waals surface area contributed by atoms with Gasteiger partial charge in [0.05, 0.1) is 0 Å². The maximum atomic E-state index is 9.44. The first-order chi connectivity index (χ1) is 5.20. The third-order valence-electron chi connectivity index (χ3n) is 0. The Bertz CT molecular complexity index is 94.7. The highest BCUT2D eigenvalue weighted by Gasteiger charge is 1.68. The molecule has 14 heavy (non-hydrogen) atoms. The summed E-state index contributed by atoms with van der Waals surface area (Å²) in [6.45, 7) is 13.4. The van der Waals surface area contributed by atoms with E-state index in [0.717, 1.165) is 10.8 Å². The minimum Gasteiger partial charge on any atom is -0.300 e. The summed E-state index contributed by atoms with van der Waals surface area (Å²) >= 11 is 4.54. The number of carbonyl (C=O) groups is 1. The van der Waals surface area contributed by atoms with Crippen LogP contribution >= 0.6 is 12.2 Å². The molecular formula is C12H30OS. The lowest BCUT2D eigenvalue weighted by atomic mass is 10.3. The first kappa shape index (κ1) is 29.2. The summed E-state index contributed by atoms with van der Waals surface area (Å²) in [5, 5.41) is 0. The molecule has 0 atom stereocenters. The fourth-order valence-corrected chi connectivity index (χ4v) is 0. The van der Waals surface area contributed by atoms with E-state index in [4.69, 9.17) is 0 Å². The number of thiocarbonyl (C=S) groups is 1. The smallest absolute Gasteiger partial charge is 0.126 e. The molecule has 0 radical (unpaired) electrons. The van der Waals surface area contributed by atoms with Crippen molar-refractivity contribution < 1.29 is 4.79 Å². The van der Waals surface area contributed by atoms with E-state index in [-0.39, 0.29) is 20.6 Å². The molecule has 0 spiro atoms. The molecule has 0 aliphatic heterocycles. The summed E-state index contributed by atoms with van der Waals surface area (Å²) in [4.78, 5) is 10.4. The van der Waals surface area contributed by atoms with E-state index in [1.807, 2.05) is 13.8 Å². The lowest BCUT2D eigenvalue weighted by molar-refractivity contribution is -0.114. The molecule has 90 valence electrons. The molecule has 0 bridgehead atoms. The Balaban J connectivity index is -0.0000000270. The number of rotatable bonds is 0. The van der Waals surface area contributed by atoms with Crippen LogP contribution in [0.3, 0.4) is 0 Å². The third kappa shape index (κ3) is 23600. The molecule has 0 aromatic heterocycles. The van der Waals surface area contributed by atoms with Gasteiger partial charge in [-0.15, -0.1) is 0 Å². The van der Waals surface area contributed by atoms with E-state index in [2.05, 4.69) is 33.0 Å². The van der Waals surface area contributed by atoms with E-state index in [1.54, 1.807) is 0 Å². The van der Waals surface area contributed by atoms with Gasteiger partial charge in [0.15, 0.2) is 0 Å². The zero-order valence-electron chi connectivity index (χ0n) is 9.39. The van der Waals surface area contributed by atoms with Crippen LogP contribution in [0.15, 0.2) is 0 Å². The van der Waals surface area contributed by atoms with Crippen molar-refractivity contribution in [1.82, 2.24) is 0 Å². The van der Waals surface area contributed by atoms with Crippen LogP contribution in [0.2, 0.25) is 0 Å². The Labute approximate surface area is 97.3 Å². The van der Waals surface area contributed by atoms with Gasteiger partial charge in [-0.2, -0.15) is 0 Å². The first-order valence-electron chi connectivity index (χ1n) is 4.14. The second kappa shape index (κ2) is 23.0. The zero-order chi connectivity index (χ0) is 10.7. The molecule has 0 aliphatic rings. The highest BCUT2D eigenvalue weighted by molar-refractivity contribution is 7.80. The van der Waals surface area contributed by atoms with Gasteiger partial charge in [-0.3, -0.25) is 0 Å². The highest BCUT2D eigenvalue weighted by atomic mass is 32.1. The topological polar surface area (TPSA) is 17.1 Å². The maximum absolute atomic E-state index is 9.44. The van der Waals surface area contributed by atoms with Crippen molar-refractivity contribution in [2.45, 2.75) is 63.3 Å². The summed E-state index contributed by atoms with van der Waals surface area (Å²) in [5.74, 6) is 1.00. The second-order valence-corrected chi connectivity index (χ2v) is 4.37. The van der Waals surface area contributed by atoms with Crippen LogP contribution < -0.4 is 0 Å². The molecule has 2 heteroatoms. The molecular weight excluding hydrogens is 192 g/mol. The molecule has 0 aromatic rings. The Hall–Kier alpha value is -0.240. The molecule has 0 saturated carbocycles. The van der Waals surface area contributed by atoms with E-state index in [0.29, 0.717) is 0 Å². The summed E-state index contributed by atoms with van der Waals surface area (Å²) in [6.07, 6.45) is 0. The van der Waals surface area contributed by atoms with Crippen molar-refractivity contribution in [2.24, 2.45) is 5.92 Å². The SMILES string of the molecule is C.C.CC(C)=O.CC(C)=S.CC(C)C.